The Morgan fingerprint density at radius 1 is 0.837 bits per heavy atom. The van der Waals surface area contributed by atoms with Crippen molar-refractivity contribution in [1.29, 1.82) is 0 Å². The van der Waals surface area contributed by atoms with Crippen LogP contribution >= 0.6 is 0 Å². The molecule has 9 heteroatoms. The second-order valence-corrected chi connectivity index (χ2v) is 12.6. The lowest BCUT2D eigenvalue weighted by Gasteiger charge is -2.30. The van der Waals surface area contributed by atoms with E-state index in [1.54, 1.807) is 19.3 Å². The molecule has 0 radical (unpaired) electrons. The summed E-state index contributed by atoms with van der Waals surface area (Å²) in [6.07, 6.45) is 4.07. The maximum absolute atomic E-state index is 13.8. The number of hydrogen-bond donors (Lipinski definition) is 0. The summed E-state index contributed by atoms with van der Waals surface area (Å²) >= 11 is 0. The van der Waals surface area contributed by atoms with Crippen LogP contribution in [0.25, 0.3) is 10.9 Å². The lowest BCUT2D eigenvalue weighted by Crippen LogP contribution is -2.32. The normalized spacial score (nSPS) is 15.1. The minimum Gasteiger partial charge on any atom is -0.375 e. The molecule has 43 heavy (non-hydrogen) atoms. The van der Waals surface area contributed by atoms with E-state index in [0.29, 0.717) is 35.5 Å². The molecule has 226 valence electrons. The van der Waals surface area contributed by atoms with Crippen LogP contribution in [0.1, 0.15) is 53.5 Å². The van der Waals surface area contributed by atoms with Crippen molar-refractivity contribution in [2.24, 2.45) is 11.8 Å². The van der Waals surface area contributed by atoms with Crippen LogP contribution in [0.15, 0.2) is 54.9 Å². The summed E-state index contributed by atoms with van der Waals surface area (Å²) in [7, 11) is 3.84. The number of para-hydroxylation sites is 1. The predicted molar refractivity (Wildman–Crippen MR) is 167 cm³/mol. The summed E-state index contributed by atoms with van der Waals surface area (Å²) < 4.78 is 41.3. The van der Waals surface area contributed by atoms with Crippen LogP contribution in [0.2, 0.25) is 0 Å². The van der Waals surface area contributed by atoms with E-state index in [1.165, 1.54) is 37.8 Å². The Labute approximate surface area is 251 Å². The molecule has 4 aromatic rings. The Balaban J connectivity index is 1.43. The Bertz CT molecular complexity index is 1580. The van der Waals surface area contributed by atoms with Gasteiger partial charge in [-0.05, 0) is 80.7 Å². The number of pyridine rings is 1. The van der Waals surface area contributed by atoms with Crippen molar-refractivity contribution < 1.29 is 13.2 Å². The van der Waals surface area contributed by atoms with Gasteiger partial charge in [0.25, 0.3) is 0 Å². The van der Waals surface area contributed by atoms with Crippen molar-refractivity contribution >= 4 is 28.4 Å². The van der Waals surface area contributed by atoms with Gasteiger partial charge in [0.2, 0.25) is 5.95 Å². The second kappa shape index (κ2) is 11.7. The van der Waals surface area contributed by atoms with Gasteiger partial charge in [0, 0.05) is 51.2 Å². The molecule has 6 rings (SSSR count). The summed E-state index contributed by atoms with van der Waals surface area (Å²) in [6.45, 7) is 6.39. The fraction of sp³-hybridized carbons (Fsp3) is 0.441. The van der Waals surface area contributed by atoms with E-state index in [1.807, 2.05) is 36.0 Å². The molecule has 0 N–H and O–H groups in total. The van der Waals surface area contributed by atoms with Crippen LogP contribution in [-0.4, -0.2) is 42.1 Å². The van der Waals surface area contributed by atoms with Crippen molar-refractivity contribution in [1.82, 2.24) is 15.0 Å². The zero-order valence-corrected chi connectivity index (χ0v) is 25.3. The number of alkyl halides is 3. The van der Waals surface area contributed by atoms with Gasteiger partial charge < -0.3 is 14.7 Å². The average Bonchev–Trinajstić information content (AvgIpc) is 3.89. The second-order valence-electron chi connectivity index (χ2n) is 12.6. The van der Waals surface area contributed by atoms with Crippen LogP contribution < -0.4 is 14.7 Å². The highest BCUT2D eigenvalue weighted by atomic mass is 19.4. The third-order valence-electron chi connectivity index (χ3n) is 8.38. The molecule has 0 aliphatic heterocycles. The average molecular weight is 589 g/mol. The molecule has 2 heterocycles. The number of fused-ring (bicyclic) bond motifs is 1. The summed E-state index contributed by atoms with van der Waals surface area (Å²) in [5.41, 5.74) is 4.48. The van der Waals surface area contributed by atoms with E-state index in [-0.39, 0.29) is 6.54 Å². The van der Waals surface area contributed by atoms with Crippen LogP contribution in [0.3, 0.4) is 0 Å². The number of nitrogens with zero attached hydrogens (tertiary/aromatic N) is 6. The Hall–Kier alpha value is -3.88. The number of aryl methyl sites for hydroxylation is 2. The largest absolute Gasteiger partial charge is 0.416 e. The molecule has 0 bridgehead atoms. The summed E-state index contributed by atoms with van der Waals surface area (Å²) in [5.74, 6) is 2.81. The molecule has 2 saturated carbocycles. The number of aromatic nitrogens is 3. The van der Waals surface area contributed by atoms with E-state index in [2.05, 4.69) is 40.0 Å². The predicted octanol–water partition coefficient (Wildman–Crippen LogP) is 7.56. The Morgan fingerprint density at radius 2 is 1.51 bits per heavy atom. The molecule has 2 aromatic heterocycles. The molecule has 2 aliphatic carbocycles. The number of hydrogen-bond acceptors (Lipinski definition) is 6. The van der Waals surface area contributed by atoms with Crippen molar-refractivity contribution in [3.63, 3.8) is 0 Å². The van der Waals surface area contributed by atoms with E-state index in [4.69, 9.17) is 4.98 Å². The van der Waals surface area contributed by atoms with Gasteiger partial charge in [0.1, 0.15) is 5.82 Å². The van der Waals surface area contributed by atoms with Crippen LogP contribution in [0.4, 0.5) is 30.6 Å². The number of halogens is 3. The summed E-state index contributed by atoms with van der Waals surface area (Å²) in [4.78, 5) is 21.0. The SMILES string of the molecule is Cc1cc(CN(Cc2cc3cccc(C)c3nc2N(CC2CC2)CC2CC2)c2ncc(N(C)C)cn2)cc(C(F)(F)F)c1. The monoisotopic (exact) mass is 588 g/mol. The first-order valence-corrected chi connectivity index (χ1v) is 15.1. The standard InChI is InChI=1S/C34H39F3N6/c1-22-12-26(14-29(13-22)34(35,36)37)20-43(33-38-16-30(17-39-33)41(3)4)21-28-15-27-7-5-6-23(2)31(27)40-32(28)42(18-24-8-9-24)19-25-10-11-25/h5-7,12-17,24-25H,8-11,18-21H2,1-4H3. The molecule has 2 aromatic carbocycles. The van der Waals surface area contributed by atoms with Crippen molar-refractivity contribution in [2.75, 3.05) is 41.9 Å². The minimum absolute atomic E-state index is 0.225. The highest BCUT2D eigenvalue weighted by Crippen LogP contribution is 2.38. The van der Waals surface area contributed by atoms with E-state index in [0.717, 1.165) is 46.6 Å². The topological polar surface area (TPSA) is 48.4 Å². The maximum Gasteiger partial charge on any atom is 0.416 e. The zero-order valence-electron chi connectivity index (χ0n) is 25.3. The fourth-order valence-electron chi connectivity index (χ4n) is 5.69. The smallest absolute Gasteiger partial charge is 0.375 e. The fourth-order valence-corrected chi connectivity index (χ4v) is 5.69. The molecule has 2 aliphatic rings. The lowest BCUT2D eigenvalue weighted by atomic mass is 10.0. The van der Waals surface area contributed by atoms with Crippen LogP contribution in [-0.2, 0) is 19.3 Å². The van der Waals surface area contributed by atoms with Crippen molar-refractivity contribution in [3.8, 4) is 0 Å². The highest BCUT2D eigenvalue weighted by molar-refractivity contribution is 5.84. The van der Waals surface area contributed by atoms with E-state index in [9.17, 15) is 13.2 Å². The molecule has 0 saturated heterocycles. The number of rotatable bonds is 11. The number of anilines is 3. The van der Waals surface area contributed by atoms with Gasteiger partial charge in [-0.1, -0.05) is 29.8 Å². The molecule has 0 amide bonds. The van der Waals surface area contributed by atoms with Gasteiger partial charge in [0.15, 0.2) is 0 Å². The summed E-state index contributed by atoms with van der Waals surface area (Å²) in [6, 6.07) is 12.7. The molecule has 2 fully saturated rings. The minimum atomic E-state index is -4.42. The maximum atomic E-state index is 13.8. The van der Waals surface area contributed by atoms with Crippen molar-refractivity contribution in [3.05, 3.63) is 82.7 Å². The molecular formula is C34H39F3N6. The Kier molecular flexibility index (Phi) is 7.92. The van der Waals surface area contributed by atoms with Crippen LogP contribution in [0, 0.1) is 25.7 Å². The first-order valence-electron chi connectivity index (χ1n) is 15.1. The molecule has 0 spiro atoms. The summed E-state index contributed by atoms with van der Waals surface area (Å²) in [5, 5.41) is 1.05. The van der Waals surface area contributed by atoms with Gasteiger partial charge >= 0.3 is 6.18 Å². The first kappa shape index (κ1) is 29.2. The van der Waals surface area contributed by atoms with E-state index < -0.39 is 11.7 Å². The van der Waals surface area contributed by atoms with Gasteiger partial charge in [-0.25, -0.2) is 15.0 Å². The quantitative estimate of drug-likeness (QED) is 0.180. The van der Waals surface area contributed by atoms with E-state index >= 15 is 0 Å². The molecule has 6 nitrogen and oxygen atoms in total. The van der Waals surface area contributed by atoms with Gasteiger partial charge in [-0.15, -0.1) is 0 Å². The lowest BCUT2D eigenvalue weighted by molar-refractivity contribution is -0.137. The third-order valence-corrected chi connectivity index (χ3v) is 8.38. The molecule has 0 unspecified atom stereocenters. The van der Waals surface area contributed by atoms with Gasteiger partial charge in [0.05, 0.1) is 29.2 Å². The number of benzene rings is 2. The van der Waals surface area contributed by atoms with Crippen molar-refractivity contribution in [2.45, 2.75) is 58.8 Å². The molecular weight excluding hydrogens is 549 g/mol. The zero-order chi connectivity index (χ0) is 30.3. The Morgan fingerprint density at radius 3 is 2.12 bits per heavy atom. The highest BCUT2D eigenvalue weighted by Gasteiger charge is 2.33. The molecule has 0 atom stereocenters. The first-order chi connectivity index (χ1) is 20.5. The van der Waals surface area contributed by atoms with Crippen LogP contribution in [0.5, 0.6) is 0 Å². The third kappa shape index (κ3) is 7.03. The van der Waals surface area contributed by atoms with Gasteiger partial charge in [-0.2, -0.15) is 13.2 Å². The van der Waals surface area contributed by atoms with Gasteiger partial charge in [-0.3, -0.25) is 0 Å².